The standard InChI is InChI=1S/C22H17FN2O/c1-14-4-2-7-20(25-14)15-8-10-21(16(12-15)13-24)26-22-11-9-19(23)17-5-3-6-18(17)22/h2,4,7-12H,3,5-6H2,1H3. The highest BCUT2D eigenvalue weighted by atomic mass is 19.1. The summed E-state index contributed by atoms with van der Waals surface area (Å²) in [5.74, 6) is 0.938. The normalized spacial score (nSPS) is 12.5. The Balaban J connectivity index is 1.71. The van der Waals surface area contributed by atoms with E-state index < -0.39 is 0 Å². The van der Waals surface area contributed by atoms with Crippen molar-refractivity contribution < 1.29 is 9.13 Å². The molecule has 128 valence electrons. The van der Waals surface area contributed by atoms with Crippen LogP contribution in [0.2, 0.25) is 0 Å². The fourth-order valence-electron chi connectivity index (χ4n) is 3.41. The molecule has 0 atom stereocenters. The van der Waals surface area contributed by atoms with Gasteiger partial charge in [0.1, 0.15) is 23.4 Å². The molecular weight excluding hydrogens is 327 g/mol. The predicted molar refractivity (Wildman–Crippen MR) is 97.6 cm³/mol. The van der Waals surface area contributed by atoms with Gasteiger partial charge in [-0.1, -0.05) is 6.07 Å². The summed E-state index contributed by atoms with van der Waals surface area (Å²) in [7, 11) is 0. The molecule has 1 aliphatic carbocycles. The van der Waals surface area contributed by atoms with E-state index in [2.05, 4.69) is 11.1 Å². The molecular formula is C22H17FN2O. The molecule has 0 spiro atoms. The number of ether oxygens (including phenoxy) is 1. The Morgan fingerprint density at radius 2 is 1.85 bits per heavy atom. The summed E-state index contributed by atoms with van der Waals surface area (Å²) in [4.78, 5) is 4.50. The molecule has 2 aromatic carbocycles. The monoisotopic (exact) mass is 344 g/mol. The molecule has 0 saturated heterocycles. The van der Waals surface area contributed by atoms with Crippen molar-refractivity contribution in [2.45, 2.75) is 26.2 Å². The van der Waals surface area contributed by atoms with E-state index in [4.69, 9.17) is 4.74 Å². The summed E-state index contributed by atoms with van der Waals surface area (Å²) < 4.78 is 19.9. The van der Waals surface area contributed by atoms with E-state index in [0.717, 1.165) is 47.3 Å². The van der Waals surface area contributed by atoms with E-state index in [1.807, 2.05) is 31.2 Å². The minimum Gasteiger partial charge on any atom is -0.456 e. The largest absolute Gasteiger partial charge is 0.456 e. The maximum atomic E-state index is 13.9. The van der Waals surface area contributed by atoms with Crippen molar-refractivity contribution >= 4 is 0 Å². The molecule has 0 fully saturated rings. The van der Waals surface area contributed by atoms with Crippen molar-refractivity contribution in [3.05, 3.63) is 76.7 Å². The molecule has 3 nitrogen and oxygen atoms in total. The van der Waals surface area contributed by atoms with Gasteiger partial charge in [0.25, 0.3) is 0 Å². The minimum absolute atomic E-state index is 0.175. The molecule has 0 bridgehead atoms. The van der Waals surface area contributed by atoms with Gasteiger partial charge in [-0.2, -0.15) is 5.26 Å². The molecule has 1 aliphatic rings. The second-order valence-electron chi connectivity index (χ2n) is 6.45. The SMILES string of the molecule is Cc1cccc(-c2ccc(Oc3ccc(F)c4c3CCC4)c(C#N)c2)n1. The Labute approximate surface area is 151 Å². The average Bonchev–Trinajstić information content (AvgIpc) is 3.15. The highest BCUT2D eigenvalue weighted by Crippen LogP contribution is 2.36. The zero-order chi connectivity index (χ0) is 18.1. The summed E-state index contributed by atoms with van der Waals surface area (Å²) in [6, 6.07) is 16.5. The zero-order valence-corrected chi connectivity index (χ0v) is 14.4. The van der Waals surface area contributed by atoms with Crippen LogP contribution in [0.25, 0.3) is 11.3 Å². The van der Waals surface area contributed by atoms with Crippen LogP contribution < -0.4 is 4.74 Å². The van der Waals surface area contributed by atoms with Crippen LogP contribution in [0, 0.1) is 24.1 Å². The van der Waals surface area contributed by atoms with Gasteiger partial charge in [-0.25, -0.2) is 4.39 Å². The van der Waals surface area contributed by atoms with Crippen LogP contribution in [0.3, 0.4) is 0 Å². The number of fused-ring (bicyclic) bond motifs is 1. The molecule has 3 aromatic rings. The maximum absolute atomic E-state index is 13.9. The molecule has 0 saturated carbocycles. The maximum Gasteiger partial charge on any atom is 0.145 e. The van der Waals surface area contributed by atoms with Crippen molar-refractivity contribution in [2.24, 2.45) is 0 Å². The van der Waals surface area contributed by atoms with Crippen LogP contribution in [-0.4, -0.2) is 4.98 Å². The molecule has 1 aromatic heterocycles. The van der Waals surface area contributed by atoms with Crippen molar-refractivity contribution in [3.8, 4) is 28.8 Å². The number of halogens is 1. The predicted octanol–water partition coefficient (Wildman–Crippen LogP) is 5.35. The highest BCUT2D eigenvalue weighted by Gasteiger charge is 2.20. The number of nitrogens with zero attached hydrogens (tertiary/aromatic N) is 2. The summed E-state index contributed by atoms with van der Waals surface area (Å²) in [5, 5.41) is 9.55. The number of hydrogen-bond acceptors (Lipinski definition) is 3. The van der Waals surface area contributed by atoms with E-state index >= 15 is 0 Å². The number of hydrogen-bond donors (Lipinski definition) is 0. The molecule has 0 amide bonds. The van der Waals surface area contributed by atoms with Crippen LogP contribution in [0.15, 0.2) is 48.5 Å². The molecule has 26 heavy (non-hydrogen) atoms. The first-order valence-electron chi connectivity index (χ1n) is 8.62. The second-order valence-corrected chi connectivity index (χ2v) is 6.45. The summed E-state index contributed by atoms with van der Waals surface area (Å²) in [5.41, 5.74) is 4.68. The van der Waals surface area contributed by atoms with Gasteiger partial charge in [0.15, 0.2) is 0 Å². The first-order chi connectivity index (χ1) is 12.7. The molecule has 1 heterocycles. The van der Waals surface area contributed by atoms with Crippen molar-refractivity contribution in [3.63, 3.8) is 0 Å². The van der Waals surface area contributed by atoms with Gasteiger partial charge in [0.05, 0.1) is 11.3 Å². The van der Waals surface area contributed by atoms with E-state index in [0.29, 0.717) is 17.1 Å². The number of nitriles is 1. The van der Waals surface area contributed by atoms with E-state index in [1.54, 1.807) is 18.2 Å². The van der Waals surface area contributed by atoms with Gasteiger partial charge in [-0.05, 0) is 74.2 Å². The average molecular weight is 344 g/mol. The van der Waals surface area contributed by atoms with Crippen LogP contribution in [0.4, 0.5) is 4.39 Å². The first-order valence-corrected chi connectivity index (χ1v) is 8.62. The minimum atomic E-state index is -0.175. The van der Waals surface area contributed by atoms with Crippen molar-refractivity contribution in [1.29, 1.82) is 5.26 Å². The summed E-state index contributed by atoms with van der Waals surface area (Å²) in [6.07, 6.45) is 2.47. The lowest BCUT2D eigenvalue weighted by atomic mass is 10.1. The highest BCUT2D eigenvalue weighted by molar-refractivity contribution is 5.64. The molecule has 4 rings (SSSR count). The quantitative estimate of drug-likeness (QED) is 0.643. The molecule has 4 heteroatoms. The fraction of sp³-hybridized carbons (Fsp3) is 0.182. The second kappa shape index (κ2) is 6.61. The summed E-state index contributed by atoms with van der Waals surface area (Å²) in [6.45, 7) is 1.93. The number of rotatable bonds is 3. The smallest absolute Gasteiger partial charge is 0.145 e. The van der Waals surface area contributed by atoms with Crippen LogP contribution >= 0.6 is 0 Å². The lowest BCUT2D eigenvalue weighted by molar-refractivity contribution is 0.473. The number of aryl methyl sites for hydroxylation is 1. The van der Waals surface area contributed by atoms with Crippen molar-refractivity contribution in [2.75, 3.05) is 0 Å². The number of benzene rings is 2. The third-order valence-corrected chi connectivity index (χ3v) is 4.69. The zero-order valence-electron chi connectivity index (χ0n) is 14.4. The third kappa shape index (κ3) is 2.93. The van der Waals surface area contributed by atoms with E-state index in [1.165, 1.54) is 6.07 Å². The van der Waals surface area contributed by atoms with Gasteiger partial charge in [0, 0.05) is 16.8 Å². The van der Waals surface area contributed by atoms with Gasteiger partial charge >= 0.3 is 0 Å². The Kier molecular flexibility index (Phi) is 4.14. The van der Waals surface area contributed by atoms with E-state index in [-0.39, 0.29) is 5.82 Å². The molecule has 0 aliphatic heterocycles. The first kappa shape index (κ1) is 16.3. The molecule has 0 unspecified atom stereocenters. The topological polar surface area (TPSA) is 45.9 Å². The van der Waals surface area contributed by atoms with Gasteiger partial charge in [-0.3, -0.25) is 4.98 Å². The Morgan fingerprint density at radius 3 is 2.65 bits per heavy atom. The Morgan fingerprint density at radius 1 is 1.04 bits per heavy atom. The number of pyridine rings is 1. The third-order valence-electron chi connectivity index (χ3n) is 4.69. The van der Waals surface area contributed by atoms with Crippen LogP contribution in [-0.2, 0) is 12.8 Å². The van der Waals surface area contributed by atoms with Gasteiger partial charge < -0.3 is 4.74 Å². The molecule has 0 N–H and O–H groups in total. The summed E-state index contributed by atoms with van der Waals surface area (Å²) >= 11 is 0. The lowest BCUT2D eigenvalue weighted by Gasteiger charge is -2.13. The fourth-order valence-corrected chi connectivity index (χ4v) is 3.41. The van der Waals surface area contributed by atoms with Crippen molar-refractivity contribution in [1.82, 2.24) is 4.98 Å². The molecule has 0 radical (unpaired) electrons. The lowest BCUT2D eigenvalue weighted by Crippen LogP contribution is -1.96. The van der Waals surface area contributed by atoms with Gasteiger partial charge in [0.2, 0.25) is 0 Å². The number of aromatic nitrogens is 1. The Bertz CT molecular complexity index is 1040. The van der Waals surface area contributed by atoms with Crippen LogP contribution in [0.5, 0.6) is 11.5 Å². The van der Waals surface area contributed by atoms with E-state index in [9.17, 15) is 9.65 Å². The Hall–Kier alpha value is -3.19. The van der Waals surface area contributed by atoms with Crippen LogP contribution in [0.1, 0.15) is 28.8 Å². The van der Waals surface area contributed by atoms with Gasteiger partial charge in [-0.15, -0.1) is 0 Å².